The molecular weight excluding hydrogens is 268 g/mol. The third-order valence-corrected chi connectivity index (χ3v) is 3.39. The van der Waals surface area contributed by atoms with Gasteiger partial charge in [-0.05, 0) is 38.5 Å². The van der Waals surface area contributed by atoms with E-state index < -0.39 is 12.2 Å². The van der Waals surface area contributed by atoms with Crippen LogP contribution in [-0.2, 0) is 19.1 Å². The highest BCUT2D eigenvalue weighted by atomic mass is 16.6. The van der Waals surface area contributed by atoms with Gasteiger partial charge in [0.1, 0.15) is 12.2 Å². The summed E-state index contributed by atoms with van der Waals surface area (Å²) in [5.41, 5.74) is 2.00. The largest absolute Gasteiger partial charge is 0.457 e. The van der Waals surface area contributed by atoms with Crippen molar-refractivity contribution in [3.05, 3.63) is 48.1 Å². The highest BCUT2D eigenvalue weighted by Gasteiger charge is 2.34. The molecule has 1 aliphatic carbocycles. The van der Waals surface area contributed by atoms with Gasteiger partial charge in [-0.3, -0.25) is 4.79 Å². The van der Waals surface area contributed by atoms with Crippen LogP contribution in [0.25, 0.3) is 0 Å². The average Bonchev–Trinajstić information content (AvgIpc) is 2.39. The van der Waals surface area contributed by atoms with Gasteiger partial charge < -0.3 is 9.47 Å². The van der Waals surface area contributed by atoms with E-state index in [1.807, 2.05) is 6.92 Å². The van der Waals surface area contributed by atoms with Gasteiger partial charge in [-0.15, -0.1) is 0 Å². The van der Waals surface area contributed by atoms with Crippen LogP contribution < -0.4 is 0 Å². The summed E-state index contributed by atoms with van der Waals surface area (Å²) in [6, 6.07) is 0. The first-order valence-corrected chi connectivity index (χ1v) is 6.81. The summed E-state index contributed by atoms with van der Waals surface area (Å²) in [5, 5.41) is 0. The molecule has 4 heteroatoms. The fourth-order valence-electron chi connectivity index (χ4n) is 2.17. The molecule has 0 N–H and O–H groups in total. The third kappa shape index (κ3) is 4.18. The lowest BCUT2D eigenvalue weighted by molar-refractivity contribution is -0.147. The molecule has 0 heterocycles. The Hall–Kier alpha value is -2.10. The van der Waals surface area contributed by atoms with Crippen molar-refractivity contribution < 1.29 is 19.1 Å². The fraction of sp³-hybridized carbons (Fsp3) is 0.412. The van der Waals surface area contributed by atoms with Crippen molar-refractivity contribution in [1.82, 2.24) is 0 Å². The molecule has 0 aromatic heterocycles. The summed E-state index contributed by atoms with van der Waals surface area (Å²) in [7, 11) is 0. The lowest BCUT2D eigenvalue weighted by atomic mass is 9.81. The van der Waals surface area contributed by atoms with E-state index in [4.69, 9.17) is 9.47 Å². The third-order valence-electron chi connectivity index (χ3n) is 3.39. The van der Waals surface area contributed by atoms with Gasteiger partial charge in [-0.1, -0.05) is 24.8 Å². The number of allylic oxidation sites excluding steroid dienone is 1. The predicted octanol–water partition coefficient (Wildman–Crippen LogP) is 3.11. The molecule has 4 nitrogen and oxygen atoms in total. The molecule has 0 aromatic rings. The number of rotatable bonds is 4. The molecule has 1 aliphatic rings. The van der Waals surface area contributed by atoms with Crippen LogP contribution in [0.15, 0.2) is 48.1 Å². The van der Waals surface area contributed by atoms with Crippen LogP contribution in [0.2, 0.25) is 0 Å². The Labute approximate surface area is 125 Å². The van der Waals surface area contributed by atoms with Crippen molar-refractivity contribution in [3.8, 4) is 0 Å². The van der Waals surface area contributed by atoms with Gasteiger partial charge in [0.05, 0.1) is 0 Å². The minimum atomic E-state index is -0.541. The number of esters is 2. The average molecular weight is 290 g/mol. The molecule has 0 aromatic carbocycles. The summed E-state index contributed by atoms with van der Waals surface area (Å²) in [4.78, 5) is 23.0. The van der Waals surface area contributed by atoms with Crippen molar-refractivity contribution >= 4 is 11.9 Å². The summed E-state index contributed by atoms with van der Waals surface area (Å²) in [6.45, 7) is 14.6. The Morgan fingerprint density at radius 3 is 2.29 bits per heavy atom. The molecule has 0 aliphatic heterocycles. The molecule has 3 atom stereocenters. The second kappa shape index (κ2) is 7.07. The van der Waals surface area contributed by atoms with E-state index in [9.17, 15) is 9.59 Å². The van der Waals surface area contributed by atoms with Gasteiger partial charge in [0, 0.05) is 18.4 Å². The van der Waals surface area contributed by atoms with E-state index in [1.165, 1.54) is 6.92 Å². The monoisotopic (exact) mass is 290 g/mol. The highest BCUT2D eigenvalue weighted by Crippen LogP contribution is 2.33. The number of ether oxygens (including phenoxy) is 2. The van der Waals surface area contributed by atoms with Gasteiger partial charge >= 0.3 is 11.9 Å². The molecule has 114 valence electrons. The maximum atomic E-state index is 11.9. The van der Waals surface area contributed by atoms with Crippen LogP contribution in [0.5, 0.6) is 0 Å². The zero-order chi connectivity index (χ0) is 16.2. The van der Waals surface area contributed by atoms with E-state index in [0.29, 0.717) is 11.1 Å². The Morgan fingerprint density at radius 1 is 1.19 bits per heavy atom. The number of carbonyl (C=O) groups is 2. The topological polar surface area (TPSA) is 52.6 Å². The molecule has 0 spiro atoms. The second-order valence-corrected chi connectivity index (χ2v) is 5.16. The zero-order valence-corrected chi connectivity index (χ0v) is 13.0. The van der Waals surface area contributed by atoms with Crippen LogP contribution in [0.4, 0.5) is 0 Å². The maximum absolute atomic E-state index is 11.9. The quantitative estimate of drug-likeness (QED) is 0.453. The molecule has 0 saturated carbocycles. The van der Waals surface area contributed by atoms with E-state index in [-0.39, 0.29) is 17.9 Å². The Bertz CT molecular complexity index is 525. The fourth-order valence-corrected chi connectivity index (χ4v) is 2.17. The van der Waals surface area contributed by atoms with Gasteiger partial charge in [-0.25, -0.2) is 4.79 Å². The van der Waals surface area contributed by atoms with Gasteiger partial charge in [0.15, 0.2) is 0 Å². The summed E-state index contributed by atoms with van der Waals surface area (Å²) in [6.07, 6.45) is 4.11. The van der Waals surface area contributed by atoms with Crippen molar-refractivity contribution in [2.24, 2.45) is 5.92 Å². The molecule has 0 radical (unpaired) electrons. The minimum Gasteiger partial charge on any atom is -0.457 e. The highest BCUT2D eigenvalue weighted by molar-refractivity contribution is 5.88. The predicted molar refractivity (Wildman–Crippen MR) is 81.4 cm³/mol. The van der Waals surface area contributed by atoms with Crippen molar-refractivity contribution in [1.29, 1.82) is 0 Å². The molecule has 3 unspecified atom stereocenters. The van der Waals surface area contributed by atoms with Crippen molar-refractivity contribution in [2.45, 2.75) is 39.9 Å². The Morgan fingerprint density at radius 2 is 1.81 bits per heavy atom. The number of carbonyl (C=O) groups excluding carboxylic acids is 2. The first-order valence-electron chi connectivity index (χ1n) is 6.81. The zero-order valence-electron chi connectivity index (χ0n) is 13.0. The van der Waals surface area contributed by atoms with Crippen LogP contribution >= 0.6 is 0 Å². The number of hydrogen-bond donors (Lipinski definition) is 0. The summed E-state index contributed by atoms with van der Waals surface area (Å²) >= 11 is 0. The lowest BCUT2D eigenvalue weighted by Crippen LogP contribution is -2.35. The molecule has 0 amide bonds. The van der Waals surface area contributed by atoms with Gasteiger partial charge in [0.2, 0.25) is 0 Å². The molecule has 21 heavy (non-hydrogen) atoms. The standard InChI is InChI=1S/C17H22O4/c1-7-11(4)17(19)21-14-8-9-15(20-13(6)18)16(10(2)3)12(14)5/h7-9,14-16H,2,5H2,1,3-4,6H3. The normalized spacial score (nSPS) is 25.4. The molecule has 1 rings (SSSR count). The van der Waals surface area contributed by atoms with E-state index in [1.54, 1.807) is 32.1 Å². The van der Waals surface area contributed by atoms with Crippen LogP contribution in [0.1, 0.15) is 27.7 Å². The van der Waals surface area contributed by atoms with Crippen LogP contribution in [0, 0.1) is 5.92 Å². The second-order valence-electron chi connectivity index (χ2n) is 5.16. The van der Waals surface area contributed by atoms with Gasteiger partial charge in [0.25, 0.3) is 0 Å². The Balaban J connectivity index is 2.96. The van der Waals surface area contributed by atoms with E-state index in [0.717, 1.165) is 5.57 Å². The van der Waals surface area contributed by atoms with Crippen LogP contribution in [0.3, 0.4) is 0 Å². The lowest BCUT2D eigenvalue weighted by Gasteiger charge is -2.33. The SMILES string of the molecule is C=C(C)C1C(=C)C(OC(=O)C(C)=CC)C=CC1OC(C)=O. The molecule has 0 saturated heterocycles. The smallest absolute Gasteiger partial charge is 0.334 e. The number of hydrogen-bond acceptors (Lipinski definition) is 4. The van der Waals surface area contributed by atoms with Crippen molar-refractivity contribution in [2.75, 3.05) is 0 Å². The summed E-state index contributed by atoms with van der Waals surface area (Å²) < 4.78 is 10.7. The minimum absolute atomic E-state index is 0.261. The molecule has 0 fully saturated rings. The first kappa shape index (κ1) is 17.0. The Kier molecular flexibility index (Phi) is 5.70. The maximum Gasteiger partial charge on any atom is 0.334 e. The molecular formula is C17H22O4. The van der Waals surface area contributed by atoms with Crippen molar-refractivity contribution in [3.63, 3.8) is 0 Å². The van der Waals surface area contributed by atoms with E-state index >= 15 is 0 Å². The molecule has 0 bridgehead atoms. The first-order chi connectivity index (χ1) is 9.77. The van der Waals surface area contributed by atoms with E-state index in [2.05, 4.69) is 13.2 Å². The van der Waals surface area contributed by atoms with Crippen LogP contribution in [-0.4, -0.2) is 24.1 Å². The summed E-state index contributed by atoms with van der Waals surface area (Å²) in [5.74, 6) is -1.02. The van der Waals surface area contributed by atoms with Gasteiger partial charge in [-0.2, -0.15) is 0 Å².